The fourth-order valence-electron chi connectivity index (χ4n) is 2.67. The molecule has 6 heteroatoms. The van der Waals surface area contributed by atoms with Crippen molar-refractivity contribution in [2.24, 2.45) is 0 Å². The van der Waals surface area contributed by atoms with Crippen molar-refractivity contribution in [3.8, 4) is 23.0 Å². The summed E-state index contributed by atoms with van der Waals surface area (Å²) in [7, 11) is 1.57. The van der Waals surface area contributed by atoms with Crippen molar-refractivity contribution in [2.75, 3.05) is 20.3 Å². The molecule has 2 aromatic carbocycles. The average molecular weight is 380 g/mol. The number of benzene rings is 2. The van der Waals surface area contributed by atoms with Crippen LogP contribution in [0.2, 0.25) is 0 Å². The van der Waals surface area contributed by atoms with Crippen molar-refractivity contribution >= 4 is 5.91 Å². The summed E-state index contributed by atoms with van der Waals surface area (Å²) in [5.41, 5.74) is 3.97. The summed E-state index contributed by atoms with van der Waals surface area (Å²) < 4.78 is 16.3. The van der Waals surface area contributed by atoms with Crippen LogP contribution in [-0.2, 0) is 11.2 Å². The first-order chi connectivity index (χ1) is 13.5. The van der Waals surface area contributed by atoms with Gasteiger partial charge in [0, 0.05) is 18.5 Å². The fraction of sp³-hybridized carbons (Fsp3) is 0.273. The van der Waals surface area contributed by atoms with Gasteiger partial charge >= 0.3 is 0 Å². The van der Waals surface area contributed by atoms with Gasteiger partial charge in [-0.25, -0.2) is 4.98 Å². The first kappa shape index (κ1) is 19.5. The number of oxazole rings is 1. The second-order valence-corrected chi connectivity index (χ2v) is 6.55. The minimum atomic E-state index is -0.204. The molecule has 3 aromatic rings. The molecule has 146 valence electrons. The van der Waals surface area contributed by atoms with Gasteiger partial charge in [0.05, 0.1) is 12.8 Å². The normalized spacial score (nSPS) is 10.5. The Morgan fingerprint density at radius 2 is 1.82 bits per heavy atom. The predicted molar refractivity (Wildman–Crippen MR) is 107 cm³/mol. The molecular weight excluding hydrogens is 356 g/mol. The first-order valence-electron chi connectivity index (χ1n) is 9.11. The standard InChI is InChI=1S/C22H24N2O4/c1-15-4-7-17(8-5-15)22-24-18(13-28-22)10-11-23-21(25)14-27-19-9-6-16(2)12-20(19)26-3/h4-9,12-13H,10-11,14H2,1-3H3,(H,23,25). The fourth-order valence-corrected chi connectivity index (χ4v) is 2.67. The van der Waals surface area contributed by atoms with Crippen LogP contribution in [0.4, 0.5) is 0 Å². The van der Waals surface area contributed by atoms with Crippen LogP contribution in [0.1, 0.15) is 16.8 Å². The lowest BCUT2D eigenvalue weighted by Crippen LogP contribution is -2.30. The van der Waals surface area contributed by atoms with Gasteiger partial charge in [0.15, 0.2) is 18.1 Å². The molecular formula is C22H24N2O4. The maximum absolute atomic E-state index is 12.0. The highest BCUT2D eigenvalue weighted by Crippen LogP contribution is 2.27. The van der Waals surface area contributed by atoms with E-state index in [4.69, 9.17) is 13.9 Å². The van der Waals surface area contributed by atoms with Gasteiger partial charge in [-0.05, 0) is 43.7 Å². The van der Waals surface area contributed by atoms with E-state index in [9.17, 15) is 4.79 Å². The molecule has 0 fully saturated rings. The van der Waals surface area contributed by atoms with Gasteiger partial charge in [0.2, 0.25) is 5.89 Å². The van der Waals surface area contributed by atoms with Gasteiger partial charge in [-0.2, -0.15) is 0 Å². The molecule has 0 unspecified atom stereocenters. The molecule has 0 saturated heterocycles. The van der Waals surface area contributed by atoms with E-state index in [1.54, 1.807) is 19.4 Å². The molecule has 0 radical (unpaired) electrons. The molecule has 28 heavy (non-hydrogen) atoms. The topological polar surface area (TPSA) is 73.6 Å². The summed E-state index contributed by atoms with van der Waals surface area (Å²) in [5.74, 6) is 1.53. The zero-order chi connectivity index (χ0) is 19.9. The number of carbonyl (C=O) groups is 1. The maximum Gasteiger partial charge on any atom is 0.257 e. The van der Waals surface area contributed by atoms with Crippen molar-refractivity contribution in [1.82, 2.24) is 10.3 Å². The Morgan fingerprint density at radius 3 is 2.57 bits per heavy atom. The number of nitrogens with one attached hydrogen (secondary N) is 1. The second-order valence-electron chi connectivity index (χ2n) is 6.55. The second kappa shape index (κ2) is 9.08. The Balaban J connectivity index is 1.45. The van der Waals surface area contributed by atoms with Crippen LogP contribution in [0.5, 0.6) is 11.5 Å². The minimum absolute atomic E-state index is 0.0765. The van der Waals surface area contributed by atoms with Crippen LogP contribution in [0.15, 0.2) is 53.1 Å². The zero-order valence-electron chi connectivity index (χ0n) is 16.3. The molecule has 0 spiro atoms. The van der Waals surface area contributed by atoms with Crippen LogP contribution in [0.25, 0.3) is 11.5 Å². The molecule has 0 saturated carbocycles. The van der Waals surface area contributed by atoms with Gasteiger partial charge < -0.3 is 19.2 Å². The molecule has 0 aliphatic heterocycles. The highest BCUT2D eigenvalue weighted by Gasteiger charge is 2.09. The molecule has 6 nitrogen and oxygen atoms in total. The molecule has 1 heterocycles. The smallest absolute Gasteiger partial charge is 0.257 e. The van der Waals surface area contributed by atoms with Crippen LogP contribution in [-0.4, -0.2) is 31.2 Å². The van der Waals surface area contributed by atoms with E-state index < -0.39 is 0 Å². The summed E-state index contributed by atoms with van der Waals surface area (Å²) >= 11 is 0. The van der Waals surface area contributed by atoms with E-state index in [1.165, 1.54) is 5.56 Å². The number of hydrogen-bond acceptors (Lipinski definition) is 5. The van der Waals surface area contributed by atoms with E-state index in [0.717, 1.165) is 16.8 Å². The van der Waals surface area contributed by atoms with Gasteiger partial charge in [0.25, 0.3) is 5.91 Å². The number of rotatable bonds is 8. The highest BCUT2D eigenvalue weighted by molar-refractivity contribution is 5.77. The van der Waals surface area contributed by atoms with E-state index in [-0.39, 0.29) is 12.5 Å². The van der Waals surface area contributed by atoms with Crippen LogP contribution < -0.4 is 14.8 Å². The lowest BCUT2D eigenvalue weighted by molar-refractivity contribution is -0.123. The molecule has 1 amide bonds. The Kier molecular flexibility index (Phi) is 6.32. The monoisotopic (exact) mass is 380 g/mol. The van der Waals surface area contributed by atoms with E-state index >= 15 is 0 Å². The van der Waals surface area contributed by atoms with Gasteiger partial charge in [-0.15, -0.1) is 0 Å². The number of nitrogens with zero attached hydrogens (tertiary/aromatic N) is 1. The van der Waals surface area contributed by atoms with Crippen molar-refractivity contribution in [2.45, 2.75) is 20.3 Å². The number of aromatic nitrogens is 1. The Morgan fingerprint density at radius 1 is 1.07 bits per heavy atom. The minimum Gasteiger partial charge on any atom is -0.493 e. The Bertz CT molecular complexity index is 932. The average Bonchev–Trinajstić information content (AvgIpc) is 3.16. The molecule has 3 rings (SSSR count). The van der Waals surface area contributed by atoms with Crippen molar-refractivity contribution in [3.05, 3.63) is 65.5 Å². The Labute approximate surface area is 164 Å². The zero-order valence-corrected chi connectivity index (χ0v) is 16.3. The third-order valence-corrected chi connectivity index (χ3v) is 4.23. The van der Waals surface area contributed by atoms with Crippen LogP contribution in [0.3, 0.4) is 0 Å². The number of ether oxygens (including phenoxy) is 2. The van der Waals surface area contributed by atoms with Gasteiger partial charge in [0.1, 0.15) is 6.26 Å². The number of carbonyl (C=O) groups excluding carboxylic acids is 1. The third kappa shape index (κ3) is 5.13. The summed E-state index contributed by atoms with van der Waals surface area (Å²) in [6.07, 6.45) is 2.20. The SMILES string of the molecule is COc1cc(C)ccc1OCC(=O)NCCc1coc(-c2ccc(C)cc2)n1. The molecule has 1 aromatic heterocycles. The summed E-state index contributed by atoms with van der Waals surface area (Å²) in [6.45, 7) is 4.37. The molecule has 0 aliphatic carbocycles. The highest BCUT2D eigenvalue weighted by atomic mass is 16.5. The van der Waals surface area contributed by atoms with E-state index in [2.05, 4.69) is 10.3 Å². The Hall–Kier alpha value is -3.28. The molecule has 1 N–H and O–H groups in total. The summed E-state index contributed by atoms with van der Waals surface area (Å²) in [6, 6.07) is 13.6. The van der Waals surface area contributed by atoms with Crippen LogP contribution in [0, 0.1) is 13.8 Å². The van der Waals surface area contributed by atoms with E-state index in [1.807, 2.05) is 50.2 Å². The van der Waals surface area contributed by atoms with Crippen molar-refractivity contribution < 1.29 is 18.7 Å². The number of methoxy groups -OCH3 is 1. The lowest BCUT2D eigenvalue weighted by atomic mass is 10.1. The predicted octanol–water partition coefficient (Wildman–Crippen LogP) is 3.70. The number of amides is 1. The van der Waals surface area contributed by atoms with Crippen molar-refractivity contribution in [3.63, 3.8) is 0 Å². The molecule has 0 atom stereocenters. The van der Waals surface area contributed by atoms with Crippen LogP contribution >= 0.6 is 0 Å². The van der Waals surface area contributed by atoms with Gasteiger partial charge in [-0.1, -0.05) is 23.8 Å². The molecule has 0 bridgehead atoms. The summed E-state index contributed by atoms with van der Waals surface area (Å²) in [5, 5.41) is 2.82. The molecule has 0 aliphatic rings. The quantitative estimate of drug-likeness (QED) is 0.645. The number of aryl methyl sites for hydroxylation is 2. The lowest BCUT2D eigenvalue weighted by Gasteiger charge is -2.11. The van der Waals surface area contributed by atoms with E-state index in [0.29, 0.717) is 30.4 Å². The maximum atomic E-state index is 12.0. The third-order valence-electron chi connectivity index (χ3n) is 4.23. The van der Waals surface area contributed by atoms with Crippen molar-refractivity contribution in [1.29, 1.82) is 0 Å². The first-order valence-corrected chi connectivity index (χ1v) is 9.11. The summed E-state index contributed by atoms with van der Waals surface area (Å²) in [4.78, 5) is 16.5. The number of hydrogen-bond donors (Lipinski definition) is 1. The largest absolute Gasteiger partial charge is 0.493 e. The van der Waals surface area contributed by atoms with Gasteiger partial charge in [-0.3, -0.25) is 4.79 Å².